The molecule has 0 fully saturated rings. The van der Waals surface area contributed by atoms with E-state index in [1.165, 1.54) is 6.07 Å². The van der Waals surface area contributed by atoms with Crippen LogP contribution in [0.15, 0.2) is 10.7 Å². The number of carbonyl (C=O) groups excluding carboxylic acids is 1. The maximum absolute atomic E-state index is 12.4. The molecule has 2 nitrogen and oxygen atoms in total. The molecule has 0 aliphatic rings. The first-order valence-electron chi connectivity index (χ1n) is 3.58. The van der Waals surface area contributed by atoms with Gasteiger partial charge in [0, 0.05) is 5.33 Å². The van der Waals surface area contributed by atoms with Crippen LogP contribution >= 0.6 is 31.9 Å². The SMILES string of the molecule is O=Cc1nc(Br)c(C(F)F)cc1CBr. The summed E-state index contributed by atoms with van der Waals surface area (Å²) in [5, 5.41) is 0.321. The van der Waals surface area contributed by atoms with Gasteiger partial charge in [-0.3, -0.25) is 4.79 Å². The fraction of sp³-hybridized carbons (Fsp3) is 0.250. The van der Waals surface area contributed by atoms with Crippen molar-refractivity contribution >= 4 is 38.1 Å². The van der Waals surface area contributed by atoms with E-state index in [-0.39, 0.29) is 15.9 Å². The van der Waals surface area contributed by atoms with Crippen molar-refractivity contribution in [2.75, 3.05) is 0 Å². The lowest BCUT2D eigenvalue weighted by Gasteiger charge is -2.06. The standard InChI is InChI=1S/C8H5Br2F2NO/c9-2-4-1-5(8(11)12)7(10)13-6(4)3-14/h1,3,8H,2H2. The van der Waals surface area contributed by atoms with Crippen molar-refractivity contribution in [3.63, 3.8) is 0 Å². The Morgan fingerprint density at radius 2 is 2.21 bits per heavy atom. The van der Waals surface area contributed by atoms with Gasteiger partial charge in [-0.15, -0.1) is 0 Å². The van der Waals surface area contributed by atoms with Gasteiger partial charge in [-0.25, -0.2) is 13.8 Å². The molecule has 0 saturated carbocycles. The number of hydrogen-bond acceptors (Lipinski definition) is 2. The van der Waals surface area contributed by atoms with Crippen LogP contribution in [0.1, 0.15) is 28.0 Å². The summed E-state index contributed by atoms with van der Waals surface area (Å²) in [6.45, 7) is 0. The van der Waals surface area contributed by atoms with Gasteiger partial charge in [0.1, 0.15) is 10.3 Å². The summed E-state index contributed by atoms with van der Waals surface area (Å²) in [6.07, 6.45) is -2.06. The molecule has 0 amide bonds. The van der Waals surface area contributed by atoms with Gasteiger partial charge >= 0.3 is 0 Å². The van der Waals surface area contributed by atoms with E-state index in [4.69, 9.17) is 0 Å². The molecule has 1 aromatic heterocycles. The summed E-state index contributed by atoms with van der Waals surface area (Å²) < 4.78 is 24.8. The number of nitrogens with zero attached hydrogens (tertiary/aromatic N) is 1. The van der Waals surface area contributed by atoms with Crippen molar-refractivity contribution in [3.05, 3.63) is 27.5 Å². The van der Waals surface area contributed by atoms with Crippen LogP contribution in [0, 0.1) is 0 Å². The van der Waals surface area contributed by atoms with E-state index >= 15 is 0 Å². The Labute approximate surface area is 96.0 Å². The van der Waals surface area contributed by atoms with Crippen LogP contribution < -0.4 is 0 Å². The van der Waals surface area contributed by atoms with Crippen molar-refractivity contribution in [1.29, 1.82) is 0 Å². The number of alkyl halides is 3. The Kier molecular flexibility index (Phi) is 4.12. The Morgan fingerprint density at radius 3 is 2.64 bits per heavy atom. The lowest BCUT2D eigenvalue weighted by molar-refractivity contribution is 0.111. The van der Waals surface area contributed by atoms with Gasteiger partial charge in [-0.05, 0) is 27.6 Å². The third-order valence-corrected chi connectivity index (χ3v) is 2.85. The lowest BCUT2D eigenvalue weighted by atomic mass is 10.2. The molecule has 1 aromatic rings. The first-order valence-corrected chi connectivity index (χ1v) is 5.50. The quantitative estimate of drug-likeness (QED) is 0.483. The van der Waals surface area contributed by atoms with Gasteiger partial charge in [0.05, 0.1) is 5.56 Å². The van der Waals surface area contributed by atoms with Crippen LogP contribution in [0.5, 0.6) is 0 Å². The molecule has 0 spiro atoms. The van der Waals surface area contributed by atoms with E-state index < -0.39 is 6.43 Å². The molecule has 0 aliphatic carbocycles. The second kappa shape index (κ2) is 4.93. The average Bonchev–Trinajstić information content (AvgIpc) is 2.16. The summed E-state index contributed by atoms with van der Waals surface area (Å²) in [5.41, 5.74) is 0.418. The van der Waals surface area contributed by atoms with Crippen molar-refractivity contribution in [3.8, 4) is 0 Å². The van der Waals surface area contributed by atoms with Crippen LogP contribution in [0.25, 0.3) is 0 Å². The second-order valence-corrected chi connectivity index (χ2v) is 3.78. The number of aldehydes is 1. The normalized spacial score (nSPS) is 10.6. The minimum atomic E-state index is -2.60. The molecule has 6 heteroatoms. The van der Waals surface area contributed by atoms with Gasteiger partial charge in [0.25, 0.3) is 6.43 Å². The average molecular weight is 329 g/mol. The monoisotopic (exact) mass is 327 g/mol. The van der Waals surface area contributed by atoms with Gasteiger partial charge < -0.3 is 0 Å². The highest BCUT2D eigenvalue weighted by Crippen LogP contribution is 2.28. The first kappa shape index (κ1) is 11.7. The third-order valence-electron chi connectivity index (χ3n) is 1.61. The Morgan fingerprint density at radius 1 is 1.57 bits per heavy atom. The largest absolute Gasteiger partial charge is 0.296 e. The summed E-state index contributed by atoms with van der Waals surface area (Å²) in [4.78, 5) is 14.3. The van der Waals surface area contributed by atoms with E-state index in [1.54, 1.807) is 0 Å². The lowest BCUT2D eigenvalue weighted by Crippen LogP contribution is -1.99. The Balaban J connectivity index is 3.30. The minimum Gasteiger partial charge on any atom is -0.296 e. The Hall–Kier alpha value is -0.360. The van der Waals surface area contributed by atoms with Crippen molar-refractivity contribution in [2.24, 2.45) is 0 Å². The highest BCUT2D eigenvalue weighted by Gasteiger charge is 2.16. The predicted molar refractivity (Wildman–Crippen MR) is 54.9 cm³/mol. The molecule has 0 atom stereocenters. The topological polar surface area (TPSA) is 30.0 Å². The molecule has 0 unspecified atom stereocenters. The van der Waals surface area contributed by atoms with E-state index in [1.807, 2.05) is 0 Å². The van der Waals surface area contributed by atoms with Gasteiger partial charge in [-0.1, -0.05) is 15.9 Å². The fourth-order valence-corrected chi connectivity index (χ4v) is 1.85. The van der Waals surface area contributed by atoms with Gasteiger partial charge in [-0.2, -0.15) is 0 Å². The molecule has 1 rings (SSSR count). The summed E-state index contributed by atoms with van der Waals surface area (Å²) in [6, 6.07) is 1.26. The molecular weight excluding hydrogens is 324 g/mol. The molecule has 1 heterocycles. The Bertz CT molecular complexity index is 357. The summed E-state index contributed by atoms with van der Waals surface area (Å²) in [5.74, 6) is 0. The molecule has 0 aliphatic heterocycles. The number of rotatable bonds is 3. The van der Waals surface area contributed by atoms with Crippen LogP contribution in [-0.2, 0) is 5.33 Å². The van der Waals surface area contributed by atoms with E-state index in [9.17, 15) is 13.6 Å². The molecule has 0 saturated heterocycles. The summed E-state index contributed by atoms with van der Waals surface area (Å²) >= 11 is 5.98. The zero-order valence-electron chi connectivity index (χ0n) is 6.81. The van der Waals surface area contributed by atoms with E-state index in [0.717, 1.165) is 0 Å². The molecule has 0 aromatic carbocycles. The maximum atomic E-state index is 12.4. The first-order chi connectivity index (χ1) is 6.60. The maximum Gasteiger partial charge on any atom is 0.266 e. The highest BCUT2D eigenvalue weighted by atomic mass is 79.9. The second-order valence-electron chi connectivity index (χ2n) is 2.46. The minimum absolute atomic E-state index is 0.0132. The number of pyridine rings is 1. The van der Waals surface area contributed by atoms with Crippen LogP contribution in [0.3, 0.4) is 0 Å². The van der Waals surface area contributed by atoms with Gasteiger partial charge in [0.15, 0.2) is 6.29 Å². The van der Waals surface area contributed by atoms with Crippen LogP contribution in [0.2, 0.25) is 0 Å². The fourth-order valence-electron chi connectivity index (χ4n) is 0.925. The van der Waals surface area contributed by atoms with Crippen molar-refractivity contribution in [1.82, 2.24) is 4.98 Å². The van der Waals surface area contributed by atoms with E-state index in [2.05, 4.69) is 36.8 Å². The molecular formula is C8H5Br2F2NO. The number of hydrogen-bond donors (Lipinski definition) is 0. The van der Waals surface area contributed by atoms with Crippen LogP contribution in [0.4, 0.5) is 8.78 Å². The smallest absolute Gasteiger partial charge is 0.266 e. The summed E-state index contributed by atoms with van der Waals surface area (Å²) in [7, 11) is 0. The van der Waals surface area contributed by atoms with Crippen LogP contribution in [-0.4, -0.2) is 11.3 Å². The number of carbonyl (C=O) groups is 1. The molecule has 0 N–H and O–H groups in total. The molecule has 0 radical (unpaired) electrons. The zero-order chi connectivity index (χ0) is 10.7. The van der Waals surface area contributed by atoms with Gasteiger partial charge in [0.2, 0.25) is 0 Å². The zero-order valence-corrected chi connectivity index (χ0v) is 9.98. The van der Waals surface area contributed by atoms with Crippen molar-refractivity contribution in [2.45, 2.75) is 11.8 Å². The number of aromatic nitrogens is 1. The predicted octanol–water partition coefficient (Wildman–Crippen LogP) is 3.49. The third kappa shape index (κ3) is 2.36. The highest BCUT2D eigenvalue weighted by molar-refractivity contribution is 9.10. The number of halogens is 4. The van der Waals surface area contributed by atoms with E-state index in [0.29, 0.717) is 17.2 Å². The molecule has 14 heavy (non-hydrogen) atoms. The van der Waals surface area contributed by atoms with Crippen molar-refractivity contribution < 1.29 is 13.6 Å². The molecule has 76 valence electrons. The molecule has 0 bridgehead atoms.